The smallest absolute Gasteiger partial charge is 0.306 e. The lowest BCUT2D eigenvalue weighted by Gasteiger charge is -2.42. The van der Waals surface area contributed by atoms with E-state index in [1.807, 2.05) is 0 Å². The van der Waals surface area contributed by atoms with Gasteiger partial charge in [-0.2, -0.15) is 0 Å². The van der Waals surface area contributed by atoms with Gasteiger partial charge in [0.25, 0.3) is 0 Å². The first kappa shape index (κ1) is 63.8. The number of aliphatic hydroxyl groups excluding tert-OH is 7. The molecule has 408 valence electrons. The van der Waals surface area contributed by atoms with Crippen LogP contribution < -0.4 is 0 Å². The third-order valence-electron chi connectivity index (χ3n) is 13.8. The Labute approximate surface area is 418 Å². The number of unbranched alkanes of at least 4 members (excludes halogenated alkanes) is 30. The minimum Gasteiger partial charge on any atom is -0.457 e. The number of carbonyl (C=O) groups is 1. The maximum Gasteiger partial charge on any atom is 0.306 e. The Morgan fingerprint density at radius 2 is 0.855 bits per heavy atom. The normalized spacial score (nSPS) is 25.7. The van der Waals surface area contributed by atoms with E-state index in [9.17, 15) is 40.5 Å². The van der Waals surface area contributed by atoms with Crippen LogP contribution in [0.15, 0.2) is 12.2 Å². The summed E-state index contributed by atoms with van der Waals surface area (Å²) in [5.74, 6) is -0.371. The van der Waals surface area contributed by atoms with Crippen molar-refractivity contribution in [2.75, 3.05) is 33.0 Å². The molecule has 0 amide bonds. The molecule has 2 heterocycles. The molecule has 0 bridgehead atoms. The van der Waals surface area contributed by atoms with Gasteiger partial charge in [0.1, 0.15) is 54.9 Å². The van der Waals surface area contributed by atoms with Gasteiger partial charge in [-0.25, -0.2) is 0 Å². The van der Waals surface area contributed by atoms with Crippen molar-refractivity contribution in [3.63, 3.8) is 0 Å². The zero-order chi connectivity index (χ0) is 50.2. The van der Waals surface area contributed by atoms with Crippen LogP contribution >= 0.6 is 0 Å². The molecule has 14 nitrogen and oxygen atoms in total. The van der Waals surface area contributed by atoms with Gasteiger partial charge in [-0.3, -0.25) is 4.79 Å². The monoisotopic (exact) mass is 989 g/mol. The second-order valence-electron chi connectivity index (χ2n) is 20.1. The highest BCUT2D eigenvalue weighted by atomic mass is 16.7. The molecule has 2 rings (SSSR count). The molecule has 2 aliphatic heterocycles. The molecule has 2 saturated heterocycles. The van der Waals surface area contributed by atoms with Gasteiger partial charge in [0.2, 0.25) is 0 Å². The molecular formula is C55H104O14. The molecule has 69 heavy (non-hydrogen) atoms. The van der Waals surface area contributed by atoms with Gasteiger partial charge in [0.05, 0.1) is 26.4 Å². The van der Waals surface area contributed by atoms with Crippen LogP contribution in [0.25, 0.3) is 0 Å². The first-order valence-electron chi connectivity index (χ1n) is 28.3. The molecular weight excluding hydrogens is 885 g/mol. The maximum atomic E-state index is 13.0. The Hall–Kier alpha value is -1.27. The van der Waals surface area contributed by atoms with Crippen molar-refractivity contribution in [1.29, 1.82) is 0 Å². The molecule has 0 saturated carbocycles. The number of ether oxygens (including phenoxy) is 6. The topological polar surface area (TPSA) is 214 Å². The summed E-state index contributed by atoms with van der Waals surface area (Å²) in [4.78, 5) is 13.0. The number of esters is 1. The summed E-state index contributed by atoms with van der Waals surface area (Å²) in [6.07, 6.45) is 29.8. The summed E-state index contributed by atoms with van der Waals surface area (Å²) in [5, 5.41) is 72.2. The van der Waals surface area contributed by atoms with E-state index in [0.29, 0.717) is 13.0 Å². The van der Waals surface area contributed by atoms with Crippen molar-refractivity contribution in [3.05, 3.63) is 12.2 Å². The molecule has 0 aromatic heterocycles. The SMILES string of the molecule is CCCCCCCC/C=C\CCCCCCCCCCCCOCC(COC1OC(COC2OC(CO)C(O)C(O)C2O)C(O)C(O)C1O)OC(=O)CCCCCCCCCCCCCCCCC. The highest BCUT2D eigenvalue weighted by molar-refractivity contribution is 5.69. The predicted octanol–water partition coefficient (Wildman–Crippen LogP) is 9.41. The van der Waals surface area contributed by atoms with E-state index < -0.39 is 80.7 Å². The lowest BCUT2D eigenvalue weighted by molar-refractivity contribution is -0.332. The lowest BCUT2D eigenvalue weighted by Crippen LogP contribution is -2.61. The average molecular weight is 989 g/mol. The molecule has 2 fully saturated rings. The van der Waals surface area contributed by atoms with Crippen LogP contribution in [0.2, 0.25) is 0 Å². The van der Waals surface area contributed by atoms with E-state index in [1.165, 1.54) is 167 Å². The van der Waals surface area contributed by atoms with Crippen molar-refractivity contribution >= 4 is 5.97 Å². The van der Waals surface area contributed by atoms with Crippen molar-refractivity contribution in [2.24, 2.45) is 0 Å². The third kappa shape index (κ3) is 30.5. The summed E-state index contributed by atoms with van der Waals surface area (Å²) < 4.78 is 34.4. The molecule has 0 radical (unpaired) electrons. The second kappa shape index (κ2) is 43.2. The Morgan fingerprint density at radius 3 is 1.32 bits per heavy atom. The van der Waals surface area contributed by atoms with E-state index in [-0.39, 0.29) is 25.6 Å². The van der Waals surface area contributed by atoms with Crippen molar-refractivity contribution in [1.82, 2.24) is 0 Å². The minimum absolute atomic E-state index is 0.0666. The van der Waals surface area contributed by atoms with E-state index in [2.05, 4.69) is 26.0 Å². The van der Waals surface area contributed by atoms with Crippen LogP contribution in [0.4, 0.5) is 0 Å². The fourth-order valence-corrected chi connectivity index (χ4v) is 9.16. The van der Waals surface area contributed by atoms with E-state index >= 15 is 0 Å². The number of hydrogen-bond donors (Lipinski definition) is 7. The van der Waals surface area contributed by atoms with Gasteiger partial charge < -0.3 is 64.2 Å². The van der Waals surface area contributed by atoms with Crippen LogP contribution in [0, 0.1) is 0 Å². The molecule has 0 aromatic rings. The average Bonchev–Trinajstić information content (AvgIpc) is 3.35. The molecule has 0 spiro atoms. The van der Waals surface area contributed by atoms with E-state index in [4.69, 9.17) is 28.4 Å². The fraction of sp³-hybridized carbons (Fsp3) is 0.945. The highest BCUT2D eigenvalue weighted by Gasteiger charge is 2.47. The molecule has 11 atom stereocenters. The lowest BCUT2D eigenvalue weighted by atomic mass is 9.98. The van der Waals surface area contributed by atoms with E-state index in [1.54, 1.807) is 0 Å². The molecule has 7 N–H and O–H groups in total. The van der Waals surface area contributed by atoms with Gasteiger partial charge in [0, 0.05) is 13.0 Å². The summed E-state index contributed by atoms with van der Waals surface area (Å²) in [6, 6.07) is 0. The standard InChI is InChI=1S/C55H104O14/c1-3-5-7-9-11-13-15-17-19-20-21-22-23-25-27-29-31-33-35-37-39-64-41-44(67-47(57)38-36-34-32-30-28-26-24-18-16-14-12-10-8-6-4-2)42-65-54-53(63)51(61)49(59)46(69-54)43-66-55-52(62)50(60)48(58)45(40-56)68-55/h17,19,44-46,48-56,58-63H,3-16,18,20-43H2,1-2H3/b19-17-. The number of allylic oxidation sites excluding steroid dienone is 2. The Balaban J connectivity index is 1.72. The molecule has 2 aliphatic rings. The van der Waals surface area contributed by atoms with Crippen molar-refractivity contribution < 1.29 is 69.0 Å². The van der Waals surface area contributed by atoms with Gasteiger partial charge in [0.15, 0.2) is 12.6 Å². The van der Waals surface area contributed by atoms with Gasteiger partial charge in [-0.05, 0) is 38.5 Å². The van der Waals surface area contributed by atoms with E-state index in [0.717, 1.165) is 38.5 Å². The molecule has 14 heteroatoms. The quantitative estimate of drug-likeness (QED) is 0.0172. The van der Waals surface area contributed by atoms with Crippen molar-refractivity contribution in [3.8, 4) is 0 Å². The Kier molecular flexibility index (Phi) is 39.9. The fourth-order valence-electron chi connectivity index (χ4n) is 9.16. The zero-order valence-corrected chi connectivity index (χ0v) is 43.6. The summed E-state index contributed by atoms with van der Waals surface area (Å²) in [6.45, 7) is 3.73. The molecule has 11 unspecified atom stereocenters. The van der Waals surface area contributed by atoms with Crippen LogP contribution in [-0.2, 0) is 33.2 Å². The van der Waals surface area contributed by atoms with Gasteiger partial charge in [-0.1, -0.05) is 199 Å². The largest absolute Gasteiger partial charge is 0.457 e. The highest BCUT2D eigenvalue weighted by Crippen LogP contribution is 2.27. The van der Waals surface area contributed by atoms with Crippen LogP contribution in [0.5, 0.6) is 0 Å². The Bertz CT molecular complexity index is 1190. The zero-order valence-electron chi connectivity index (χ0n) is 43.6. The number of rotatable bonds is 46. The van der Waals surface area contributed by atoms with Crippen molar-refractivity contribution in [2.45, 2.75) is 300 Å². The molecule has 0 aliphatic carbocycles. The second-order valence-corrected chi connectivity index (χ2v) is 20.1. The first-order chi connectivity index (χ1) is 33.6. The first-order valence-corrected chi connectivity index (χ1v) is 28.3. The predicted molar refractivity (Wildman–Crippen MR) is 271 cm³/mol. The molecule has 0 aromatic carbocycles. The maximum absolute atomic E-state index is 13.0. The van der Waals surface area contributed by atoms with Crippen LogP contribution in [0.3, 0.4) is 0 Å². The minimum atomic E-state index is -1.70. The number of aliphatic hydroxyl groups is 7. The summed E-state index contributed by atoms with van der Waals surface area (Å²) in [7, 11) is 0. The summed E-state index contributed by atoms with van der Waals surface area (Å²) in [5.41, 5.74) is 0. The number of carbonyl (C=O) groups excluding carboxylic acids is 1. The third-order valence-corrected chi connectivity index (χ3v) is 13.8. The van der Waals surface area contributed by atoms with Gasteiger partial charge >= 0.3 is 5.97 Å². The number of hydrogen-bond acceptors (Lipinski definition) is 14. The summed E-state index contributed by atoms with van der Waals surface area (Å²) >= 11 is 0. The van der Waals surface area contributed by atoms with Crippen LogP contribution in [-0.4, -0.2) is 142 Å². The van der Waals surface area contributed by atoms with Gasteiger partial charge in [-0.15, -0.1) is 0 Å². The van der Waals surface area contributed by atoms with Crippen LogP contribution in [0.1, 0.15) is 232 Å². The Morgan fingerprint density at radius 1 is 0.464 bits per heavy atom.